The number of carbonyl (C=O) groups excluding carboxylic acids is 1. The van der Waals surface area contributed by atoms with Gasteiger partial charge in [-0.3, -0.25) is 4.79 Å². The van der Waals surface area contributed by atoms with E-state index in [2.05, 4.69) is 4.99 Å². The summed E-state index contributed by atoms with van der Waals surface area (Å²) < 4.78 is 27.6. The quantitative estimate of drug-likeness (QED) is 0.669. The molecule has 2 rings (SSSR count). The van der Waals surface area contributed by atoms with Crippen LogP contribution in [0.5, 0.6) is 0 Å². The molecule has 0 unspecified atom stereocenters. The van der Waals surface area contributed by atoms with E-state index in [1.807, 2.05) is 0 Å². The summed E-state index contributed by atoms with van der Waals surface area (Å²) in [7, 11) is 0.283. The summed E-state index contributed by atoms with van der Waals surface area (Å²) in [6.45, 7) is -0.0501. The van der Waals surface area contributed by atoms with Crippen molar-refractivity contribution in [1.82, 2.24) is 4.90 Å². The first-order chi connectivity index (χ1) is 7.93. The number of hydrogen-bond donors (Lipinski definition) is 0. The zero-order chi connectivity index (χ0) is 12.6. The second-order valence-corrected chi connectivity index (χ2v) is 7.49. The van der Waals surface area contributed by atoms with Gasteiger partial charge in [-0.05, 0) is 0 Å². The maximum atomic E-state index is 11.5. The van der Waals surface area contributed by atoms with E-state index in [0.29, 0.717) is 5.17 Å². The summed E-state index contributed by atoms with van der Waals surface area (Å²) >= 11 is 1.37. The van der Waals surface area contributed by atoms with Crippen LogP contribution < -0.4 is 0 Å². The Morgan fingerprint density at radius 2 is 2.29 bits per heavy atom. The summed E-state index contributed by atoms with van der Waals surface area (Å²) in [4.78, 5) is 17.0. The average molecular weight is 278 g/mol. The van der Waals surface area contributed by atoms with Gasteiger partial charge in [-0.1, -0.05) is 11.8 Å². The number of rotatable bonds is 2. The molecule has 0 bridgehead atoms. The topological polar surface area (TPSA) is 76.0 Å². The Balaban J connectivity index is 2.10. The predicted molar refractivity (Wildman–Crippen MR) is 65.9 cm³/mol. The summed E-state index contributed by atoms with van der Waals surface area (Å²) in [5.74, 6) is -0.0206. The number of thioether (sulfide) groups is 1. The fraction of sp³-hybridized carbons (Fsp3) is 0.778. The standard InChI is InChI=1S/C9H14N2O4S2/c1-11-6-4-17(13,14)5-7(6)16-9(11)10-8(12)3-15-2/h6-7H,3-5H2,1-2H3/t6-,7+/m0/s1. The molecule has 2 aliphatic heterocycles. The number of ether oxygens (including phenoxy) is 1. The Bertz CT molecular complexity index is 460. The molecular formula is C9H14N2O4S2. The van der Waals surface area contributed by atoms with Crippen molar-refractivity contribution in [2.75, 3.05) is 32.3 Å². The number of methoxy groups -OCH3 is 1. The Labute approximate surface area is 104 Å². The lowest BCUT2D eigenvalue weighted by molar-refractivity contribution is -0.121. The monoisotopic (exact) mass is 278 g/mol. The van der Waals surface area contributed by atoms with Crippen molar-refractivity contribution in [3.63, 3.8) is 0 Å². The van der Waals surface area contributed by atoms with E-state index in [1.54, 1.807) is 11.9 Å². The van der Waals surface area contributed by atoms with Gasteiger partial charge < -0.3 is 9.64 Å². The molecule has 0 aromatic rings. The number of hydrogen-bond acceptors (Lipinski definition) is 5. The van der Waals surface area contributed by atoms with Gasteiger partial charge in [0.25, 0.3) is 5.91 Å². The van der Waals surface area contributed by atoms with Crippen LogP contribution in [-0.4, -0.2) is 68.0 Å². The molecule has 2 aliphatic rings. The number of fused-ring (bicyclic) bond motifs is 1. The number of sulfone groups is 1. The first-order valence-corrected chi connectivity index (χ1v) is 7.83. The normalized spacial score (nSPS) is 33.1. The first-order valence-electron chi connectivity index (χ1n) is 5.13. The summed E-state index contributed by atoms with van der Waals surface area (Å²) in [6, 6.07) is -0.0564. The number of carbonyl (C=O) groups is 1. The van der Waals surface area contributed by atoms with Gasteiger partial charge in [0.1, 0.15) is 6.61 Å². The van der Waals surface area contributed by atoms with E-state index in [9.17, 15) is 13.2 Å². The van der Waals surface area contributed by atoms with Crippen molar-refractivity contribution in [2.24, 2.45) is 4.99 Å². The third-order valence-corrected chi connectivity index (χ3v) is 6.12. The second-order valence-electron chi connectivity index (χ2n) is 4.13. The Hall–Kier alpha value is -0.600. The molecule has 2 saturated heterocycles. The van der Waals surface area contributed by atoms with E-state index in [4.69, 9.17) is 4.74 Å². The van der Waals surface area contributed by atoms with Crippen LogP contribution in [0, 0.1) is 0 Å². The molecule has 8 heteroatoms. The summed E-state index contributed by atoms with van der Waals surface area (Å²) in [5, 5.41) is 0.594. The first kappa shape index (κ1) is 12.8. The molecule has 0 saturated carbocycles. The molecular weight excluding hydrogens is 264 g/mol. The van der Waals surface area contributed by atoms with Gasteiger partial charge in [0.05, 0.1) is 17.5 Å². The lowest BCUT2D eigenvalue weighted by Crippen LogP contribution is -2.34. The number of aliphatic imine (C=N–C) groups is 1. The Kier molecular flexibility index (Phi) is 3.46. The van der Waals surface area contributed by atoms with E-state index < -0.39 is 9.84 Å². The Morgan fingerprint density at radius 1 is 1.59 bits per heavy atom. The molecule has 17 heavy (non-hydrogen) atoms. The third-order valence-electron chi connectivity index (χ3n) is 2.82. The van der Waals surface area contributed by atoms with E-state index in [-0.39, 0.29) is 35.3 Å². The van der Waals surface area contributed by atoms with Crippen LogP contribution in [0.1, 0.15) is 0 Å². The minimum Gasteiger partial charge on any atom is -0.375 e. The van der Waals surface area contributed by atoms with Gasteiger partial charge in [0.15, 0.2) is 15.0 Å². The molecule has 0 aliphatic carbocycles. The molecule has 0 N–H and O–H groups in total. The molecule has 0 aromatic carbocycles. The van der Waals surface area contributed by atoms with Gasteiger partial charge in [0, 0.05) is 19.4 Å². The van der Waals surface area contributed by atoms with Crippen LogP contribution in [-0.2, 0) is 19.4 Å². The fourth-order valence-electron chi connectivity index (χ4n) is 2.00. The van der Waals surface area contributed by atoms with Gasteiger partial charge in [0.2, 0.25) is 0 Å². The van der Waals surface area contributed by atoms with Crippen LogP contribution in [0.4, 0.5) is 0 Å². The molecule has 96 valence electrons. The van der Waals surface area contributed by atoms with Crippen molar-refractivity contribution in [3.05, 3.63) is 0 Å². The van der Waals surface area contributed by atoms with Gasteiger partial charge >= 0.3 is 0 Å². The lowest BCUT2D eigenvalue weighted by atomic mass is 10.2. The average Bonchev–Trinajstić information content (AvgIpc) is 2.63. The fourth-order valence-corrected chi connectivity index (χ4v) is 6.01. The molecule has 1 amide bonds. The van der Waals surface area contributed by atoms with Crippen LogP contribution in [0.15, 0.2) is 4.99 Å². The highest BCUT2D eigenvalue weighted by Gasteiger charge is 2.47. The largest absolute Gasteiger partial charge is 0.375 e. The van der Waals surface area contributed by atoms with E-state index in [0.717, 1.165) is 0 Å². The molecule has 6 nitrogen and oxygen atoms in total. The lowest BCUT2D eigenvalue weighted by Gasteiger charge is -2.17. The third kappa shape index (κ3) is 2.63. The minimum absolute atomic E-state index is 0.000838. The maximum absolute atomic E-state index is 11.5. The number of nitrogens with zero attached hydrogens (tertiary/aromatic N) is 2. The Morgan fingerprint density at radius 3 is 2.88 bits per heavy atom. The van der Waals surface area contributed by atoms with Crippen LogP contribution >= 0.6 is 11.8 Å². The number of amides is 1. The molecule has 0 aromatic heterocycles. The van der Waals surface area contributed by atoms with Gasteiger partial charge in [-0.15, -0.1) is 0 Å². The van der Waals surface area contributed by atoms with Crippen molar-refractivity contribution >= 4 is 32.7 Å². The number of amidine groups is 1. The molecule has 2 heterocycles. The highest BCUT2D eigenvalue weighted by molar-refractivity contribution is 8.15. The zero-order valence-electron chi connectivity index (χ0n) is 9.62. The van der Waals surface area contributed by atoms with Gasteiger partial charge in [-0.25, -0.2) is 8.42 Å². The SMILES string of the molecule is COCC(=O)N=C1S[C@@H]2CS(=O)(=O)C[C@@H]2N1C. The summed E-state index contributed by atoms with van der Waals surface area (Å²) in [6.07, 6.45) is 0. The van der Waals surface area contributed by atoms with Crippen molar-refractivity contribution in [1.29, 1.82) is 0 Å². The molecule has 0 spiro atoms. The van der Waals surface area contributed by atoms with Gasteiger partial charge in [-0.2, -0.15) is 4.99 Å². The van der Waals surface area contributed by atoms with Crippen LogP contribution in [0.3, 0.4) is 0 Å². The molecule has 2 atom stereocenters. The van der Waals surface area contributed by atoms with Crippen molar-refractivity contribution in [2.45, 2.75) is 11.3 Å². The van der Waals surface area contributed by atoms with Crippen molar-refractivity contribution in [3.8, 4) is 0 Å². The molecule has 2 fully saturated rings. The highest BCUT2D eigenvalue weighted by Crippen LogP contribution is 2.36. The highest BCUT2D eigenvalue weighted by atomic mass is 32.2. The molecule has 0 radical (unpaired) electrons. The maximum Gasteiger partial charge on any atom is 0.274 e. The van der Waals surface area contributed by atoms with E-state index in [1.165, 1.54) is 18.9 Å². The second kappa shape index (κ2) is 4.58. The van der Waals surface area contributed by atoms with Crippen LogP contribution in [0.2, 0.25) is 0 Å². The van der Waals surface area contributed by atoms with E-state index >= 15 is 0 Å². The summed E-state index contributed by atoms with van der Waals surface area (Å²) in [5.41, 5.74) is 0. The van der Waals surface area contributed by atoms with Crippen molar-refractivity contribution < 1.29 is 17.9 Å². The smallest absolute Gasteiger partial charge is 0.274 e. The predicted octanol–water partition coefficient (Wildman–Crippen LogP) is -0.640. The van der Waals surface area contributed by atoms with Crippen LogP contribution in [0.25, 0.3) is 0 Å². The minimum atomic E-state index is -2.93. The zero-order valence-corrected chi connectivity index (χ0v) is 11.3.